The molecule has 0 unspecified atom stereocenters. The number of amides is 2. The SMILES string of the molecule is CNc1nc(Nc2ccc(Cl)c(Cl)c2)ncc1N1CCNC1=O. The summed E-state index contributed by atoms with van der Waals surface area (Å²) in [6.07, 6.45) is 1.60. The van der Waals surface area contributed by atoms with Crippen LogP contribution in [0.5, 0.6) is 0 Å². The van der Waals surface area contributed by atoms with Crippen LogP contribution in [-0.2, 0) is 0 Å². The van der Waals surface area contributed by atoms with Crippen molar-refractivity contribution in [3.8, 4) is 0 Å². The predicted molar refractivity (Wildman–Crippen MR) is 92.1 cm³/mol. The fourth-order valence-electron chi connectivity index (χ4n) is 2.22. The van der Waals surface area contributed by atoms with Crippen molar-refractivity contribution in [3.05, 3.63) is 34.4 Å². The van der Waals surface area contributed by atoms with Crippen LogP contribution in [0.3, 0.4) is 0 Å². The monoisotopic (exact) mass is 352 g/mol. The Kier molecular flexibility index (Phi) is 4.40. The summed E-state index contributed by atoms with van der Waals surface area (Å²) in [5.74, 6) is 0.940. The maximum atomic E-state index is 11.8. The first-order valence-electron chi connectivity index (χ1n) is 6.90. The van der Waals surface area contributed by atoms with E-state index < -0.39 is 0 Å². The number of nitrogens with one attached hydrogen (secondary N) is 3. The van der Waals surface area contributed by atoms with Crippen molar-refractivity contribution in [3.63, 3.8) is 0 Å². The quantitative estimate of drug-likeness (QED) is 0.787. The highest BCUT2D eigenvalue weighted by atomic mass is 35.5. The number of nitrogens with zero attached hydrogens (tertiary/aromatic N) is 3. The standard InChI is InChI=1S/C14H14Cl2N6O/c1-17-12-11(22-5-4-18-14(22)23)7-19-13(21-12)20-8-2-3-9(15)10(16)6-8/h2-3,6-7H,4-5H2,1H3,(H,18,23)(H2,17,19,20,21). The number of rotatable bonds is 4. The van der Waals surface area contributed by atoms with Gasteiger partial charge in [0.05, 0.1) is 16.2 Å². The molecule has 2 amide bonds. The zero-order chi connectivity index (χ0) is 16.4. The van der Waals surface area contributed by atoms with E-state index in [9.17, 15) is 4.79 Å². The fourth-order valence-corrected chi connectivity index (χ4v) is 2.52. The summed E-state index contributed by atoms with van der Waals surface area (Å²) >= 11 is 11.9. The molecular formula is C14H14Cl2N6O. The average molecular weight is 353 g/mol. The second-order valence-corrected chi connectivity index (χ2v) is 5.63. The normalized spacial score (nSPS) is 13.9. The average Bonchev–Trinajstić information content (AvgIpc) is 2.97. The Bertz CT molecular complexity index is 754. The number of carbonyl (C=O) groups is 1. The lowest BCUT2D eigenvalue weighted by atomic mass is 10.3. The van der Waals surface area contributed by atoms with E-state index in [1.165, 1.54) is 0 Å². The third-order valence-corrected chi connectivity index (χ3v) is 4.07. The number of hydrogen-bond acceptors (Lipinski definition) is 5. The molecule has 1 aliphatic heterocycles. The summed E-state index contributed by atoms with van der Waals surface area (Å²) in [5, 5.41) is 9.69. The van der Waals surface area contributed by atoms with E-state index in [1.54, 1.807) is 36.3 Å². The second-order valence-electron chi connectivity index (χ2n) is 4.81. The zero-order valence-electron chi connectivity index (χ0n) is 12.2. The first-order chi connectivity index (χ1) is 11.1. The molecule has 1 aromatic heterocycles. The van der Waals surface area contributed by atoms with Gasteiger partial charge in [-0.3, -0.25) is 4.90 Å². The molecule has 0 saturated carbocycles. The van der Waals surface area contributed by atoms with E-state index in [-0.39, 0.29) is 6.03 Å². The summed E-state index contributed by atoms with van der Waals surface area (Å²) < 4.78 is 0. The highest BCUT2D eigenvalue weighted by molar-refractivity contribution is 6.42. The largest absolute Gasteiger partial charge is 0.371 e. The summed E-state index contributed by atoms with van der Waals surface area (Å²) in [7, 11) is 1.74. The molecule has 0 bridgehead atoms. The molecule has 9 heteroatoms. The van der Waals surface area contributed by atoms with Crippen molar-refractivity contribution in [2.24, 2.45) is 0 Å². The molecule has 2 heterocycles. The molecule has 1 saturated heterocycles. The minimum atomic E-state index is -0.157. The van der Waals surface area contributed by atoms with Gasteiger partial charge in [0.2, 0.25) is 5.95 Å². The van der Waals surface area contributed by atoms with Gasteiger partial charge in [0.15, 0.2) is 5.82 Å². The Hall–Kier alpha value is -2.25. The van der Waals surface area contributed by atoms with Crippen LogP contribution in [0.15, 0.2) is 24.4 Å². The van der Waals surface area contributed by atoms with Gasteiger partial charge in [0, 0.05) is 25.8 Å². The van der Waals surface area contributed by atoms with Crippen LogP contribution in [0, 0.1) is 0 Å². The molecular weight excluding hydrogens is 339 g/mol. The summed E-state index contributed by atoms with van der Waals surface area (Å²) in [4.78, 5) is 22.0. The van der Waals surface area contributed by atoms with Gasteiger partial charge in [0.25, 0.3) is 0 Å². The predicted octanol–water partition coefficient (Wildman–Crippen LogP) is 3.10. The van der Waals surface area contributed by atoms with Crippen LogP contribution in [-0.4, -0.2) is 36.1 Å². The molecule has 0 aliphatic carbocycles. The van der Waals surface area contributed by atoms with Crippen molar-refractivity contribution in [1.29, 1.82) is 0 Å². The van der Waals surface area contributed by atoms with Crippen LogP contribution < -0.4 is 20.9 Å². The smallest absolute Gasteiger partial charge is 0.322 e. The molecule has 7 nitrogen and oxygen atoms in total. The van der Waals surface area contributed by atoms with Crippen LogP contribution in [0.2, 0.25) is 10.0 Å². The van der Waals surface area contributed by atoms with Gasteiger partial charge in [0.1, 0.15) is 5.69 Å². The number of carbonyl (C=O) groups excluding carboxylic acids is 1. The van der Waals surface area contributed by atoms with Crippen molar-refractivity contribution >= 4 is 52.4 Å². The minimum Gasteiger partial charge on any atom is -0.371 e. The minimum absolute atomic E-state index is 0.157. The van der Waals surface area contributed by atoms with E-state index in [4.69, 9.17) is 23.2 Å². The van der Waals surface area contributed by atoms with Crippen molar-refractivity contribution in [2.75, 3.05) is 35.7 Å². The lowest BCUT2D eigenvalue weighted by Crippen LogP contribution is -2.28. The molecule has 0 atom stereocenters. The Labute approximate surface area is 143 Å². The topological polar surface area (TPSA) is 82.2 Å². The van der Waals surface area contributed by atoms with Gasteiger partial charge in [-0.15, -0.1) is 0 Å². The van der Waals surface area contributed by atoms with E-state index in [2.05, 4.69) is 25.9 Å². The molecule has 0 spiro atoms. The maximum Gasteiger partial charge on any atom is 0.322 e. The second kappa shape index (κ2) is 6.47. The van der Waals surface area contributed by atoms with Crippen LogP contribution in [0.1, 0.15) is 0 Å². The summed E-state index contributed by atoms with van der Waals surface area (Å²) in [6, 6.07) is 5.00. The Morgan fingerprint density at radius 1 is 1.30 bits per heavy atom. The summed E-state index contributed by atoms with van der Waals surface area (Å²) in [5.41, 5.74) is 1.34. The Balaban J connectivity index is 1.86. The van der Waals surface area contributed by atoms with Crippen LogP contribution in [0.4, 0.5) is 27.9 Å². The Morgan fingerprint density at radius 3 is 2.78 bits per heavy atom. The number of aromatic nitrogens is 2. The number of halogens is 2. The van der Waals surface area contributed by atoms with Crippen molar-refractivity contribution in [2.45, 2.75) is 0 Å². The van der Waals surface area contributed by atoms with Gasteiger partial charge in [-0.05, 0) is 18.2 Å². The first-order valence-corrected chi connectivity index (χ1v) is 7.66. The van der Waals surface area contributed by atoms with Gasteiger partial charge in [-0.1, -0.05) is 23.2 Å². The van der Waals surface area contributed by atoms with Gasteiger partial charge >= 0.3 is 6.03 Å². The fraction of sp³-hybridized carbons (Fsp3) is 0.214. The molecule has 23 heavy (non-hydrogen) atoms. The van der Waals surface area contributed by atoms with Gasteiger partial charge in [-0.2, -0.15) is 4.98 Å². The molecule has 2 aromatic rings. The third-order valence-electron chi connectivity index (χ3n) is 3.33. The molecule has 120 valence electrons. The Morgan fingerprint density at radius 2 is 2.13 bits per heavy atom. The van der Waals surface area contributed by atoms with Gasteiger partial charge in [-0.25, -0.2) is 9.78 Å². The maximum absolute atomic E-state index is 11.8. The lowest BCUT2D eigenvalue weighted by molar-refractivity contribution is 0.252. The lowest BCUT2D eigenvalue weighted by Gasteiger charge is -2.17. The van der Waals surface area contributed by atoms with Crippen molar-refractivity contribution < 1.29 is 4.79 Å². The highest BCUT2D eigenvalue weighted by Gasteiger charge is 2.24. The van der Waals surface area contributed by atoms with E-state index in [1.807, 2.05) is 0 Å². The van der Waals surface area contributed by atoms with Crippen LogP contribution >= 0.6 is 23.2 Å². The molecule has 0 radical (unpaired) electrons. The third kappa shape index (κ3) is 3.25. The number of anilines is 4. The van der Waals surface area contributed by atoms with E-state index in [0.717, 1.165) is 0 Å². The van der Waals surface area contributed by atoms with E-state index >= 15 is 0 Å². The zero-order valence-corrected chi connectivity index (χ0v) is 13.7. The summed E-state index contributed by atoms with van der Waals surface area (Å²) in [6.45, 7) is 1.18. The molecule has 1 fully saturated rings. The molecule has 3 rings (SSSR count). The molecule has 1 aliphatic rings. The number of urea groups is 1. The molecule has 1 aromatic carbocycles. The van der Waals surface area contributed by atoms with E-state index in [0.29, 0.717) is 46.3 Å². The first kappa shape index (κ1) is 15.6. The number of benzene rings is 1. The molecule has 3 N–H and O–H groups in total. The van der Waals surface area contributed by atoms with Crippen molar-refractivity contribution in [1.82, 2.24) is 15.3 Å². The number of hydrogen-bond donors (Lipinski definition) is 3. The van der Waals surface area contributed by atoms with Gasteiger partial charge < -0.3 is 16.0 Å². The van der Waals surface area contributed by atoms with Crippen LogP contribution in [0.25, 0.3) is 0 Å². The highest BCUT2D eigenvalue weighted by Crippen LogP contribution is 2.28.